The molecule has 3 nitrogen and oxygen atoms in total. The van der Waals surface area contributed by atoms with Crippen molar-refractivity contribution in [3.8, 4) is 5.75 Å². The van der Waals surface area contributed by atoms with Crippen LogP contribution in [0.2, 0.25) is 0 Å². The first-order valence-electron chi connectivity index (χ1n) is 11.3. The van der Waals surface area contributed by atoms with Gasteiger partial charge in [0.25, 0.3) is 0 Å². The molecule has 3 heteroatoms. The van der Waals surface area contributed by atoms with Gasteiger partial charge in [-0.1, -0.05) is 75.1 Å². The highest BCUT2D eigenvalue weighted by atomic mass is 16.5. The first kappa shape index (κ1) is 21.9. The van der Waals surface area contributed by atoms with Gasteiger partial charge in [0.1, 0.15) is 5.75 Å². The minimum Gasteiger partial charge on any atom is -0.497 e. The van der Waals surface area contributed by atoms with Crippen LogP contribution in [-0.4, -0.2) is 36.8 Å². The number of aliphatic hydroxyl groups is 1. The van der Waals surface area contributed by atoms with Crippen LogP contribution in [0.4, 0.5) is 0 Å². The molecule has 1 saturated heterocycles. The maximum Gasteiger partial charge on any atom is 0.118 e. The second kappa shape index (κ2) is 10.8. The molecule has 0 saturated carbocycles. The Bertz CT molecular complexity index is 709. The second-order valence-electron chi connectivity index (χ2n) is 8.43. The fourth-order valence-electron chi connectivity index (χ4n) is 4.66. The molecule has 0 aliphatic carbocycles. The van der Waals surface area contributed by atoms with Gasteiger partial charge in [0.15, 0.2) is 0 Å². The molecule has 2 atom stereocenters. The lowest BCUT2D eigenvalue weighted by molar-refractivity contribution is -0.0167. The van der Waals surface area contributed by atoms with E-state index in [0.29, 0.717) is 0 Å². The van der Waals surface area contributed by atoms with E-state index in [1.807, 2.05) is 12.1 Å². The molecule has 1 aliphatic heterocycles. The molecule has 1 heterocycles. The van der Waals surface area contributed by atoms with Gasteiger partial charge in [-0.3, -0.25) is 0 Å². The van der Waals surface area contributed by atoms with Gasteiger partial charge < -0.3 is 14.7 Å². The number of rotatable bonds is 10. The lowest BCUT2D eigenvalue weighted by Gasteiger charge is -2.41. The topological polar surface area (TPSA) is 32.7 Å². The maximum absolute atomic E-state index is 12.2. The smallest absolute Gasteiger partial charge is 0.118 e. The van der Waals surface area contributed by atoms with Crippen molar-refractivity contribution >= 4 is 0 Å². The Balaban J connectivity index is 1.97. The molecule has 29 heavy (non-hydrogen) atoms. The summed E-state index contributed by atoms with van der Waals surface area (Å²) in [6.45, 7) is 5.39. The standard InChI is InChI=1S/C26H37NO2/c1-3-4-9-18-26(28,23-14-16-24(29-2)17-15-23)25(22-12-7-5-8-13-22)21-27-19-10-6-11-20-27/h5,7-8,12-17,25,28H,3-4,6,9-11,18-21H2,1-2H3/t25-,26+/m1/s1. The highest BCUT2D eigenvalue weighted by Crippen LogP contribution is 2.42. The first-order valence-corrected chi connectivity index (χ1v) is 11.3. The van der Waals surface area contributed by atoms with E-state index in [4.69, 9.17) is 4.74 Å². The van der Waals surface area contributed by atoms with Crippen molar-refractivity contribution in [1.29, 1.82) is 0 Å². The lowest BCUT2D eigenvalue weighted by Crippen LogP contribution is -2.42. The van der Waals surface area contributed by atoms with Gasteiger partial charge in [-0.15, -0.1) is 0 Å². The molecular weight excluding hydrogens is 358 g/mol. The summed E-state index contributed by atoms with van der Waals surface area (Å²) in [6.07, 6.45) is 7.95. The molecule has 158 valence electrons. The molecule has 1 aliphatic rings. The van der Waals surface area contributed by atoms with Crippen molar-refractivity contribution in [1.82, 2.24) is 4.90 Å². The molecule has 2 aromatic carbocycles. The van der Waals surface area contributed by atoms with E-state index in [1.165, 1.54) is 24.8 Å². The number of hydrogen-bond acceptors (Lipinski definition) is 3. The summed E-state index contributed by atoms with van der Waals surface area (Å²) < 4.78 is 5.36. The van der Waals surface area contributed by atoms with Crippen LogP contribution in [0.5, 0.6) is 5.75 Å². The van der Waals surface area contributed by atoms with E-state index in [1.54, 1.807) is 7.11 Å². The van der Waals surface area contributed by atoms with E-state index in [0.717, 1.165) is 56.6 Å². The number of methoxy groups -OCH3 is 1. The van der Waals surface area contributed by atoms with Crippen LogP contribution in [0.25, 0.3) is 0 Å². The molecule has 3 rings (SSSR count). The normalized spacial score (nSPS) is 18.2. The largest absolute Gasteiger partial charge is 0.497 e. The number of piperidine rings is 1. The molecule has 0 aromatic heterocycles. The molecule has 0 unspecified atom stereocenters. The number of ether oxygens (including phenoxy) is 1. The Morgan fingerprint density at radius 2 is 1.66 bits per heavy atom. The van der Waals surface area contributed by atoms with Crippen molar-refractivity contribution in [3.63, 3.8) is 0 Å². The van der Waals surface area contributed by atoms with Gasteiger partial charge in [-0.25, -0.2) is 0 Å². The fraction of sp³-hybridized carbons (Fsp3) is 0.538. The van der Waals surface area contributed by atoms with Crippen molar-refractivity contribution < 1.29 is 9.84 Å². The van der Waals surface area contributed by atoms with E-state index in [2.05, 4.69) is 54.3 Å². The summed E-state index contributed by atoms with van der Waals surface area (Å²) in [5, 5.41) is 12.2. The number of nitrogens with zero attached hydrogens (tertiary/aromatic N) is 1. The van der Waals surface area contributed by atoms with Crippen molar-refractivity contribution in [2.45, 2.75) is 63.4 Å². The number of likely N-dealkylation sites (tertiary alicyclic amines) is 1. The van der Waals surface area contributed by atoms with E-state index in [9.17, 15) is 5.11 Å². The van der Waals surface area contributed by atoms with Gasteiger partial charge in [-0.05, 0) is 55.6 Å². The third-order valence-electron chi connectivity index (χ3n) is 6.42. The van der Waals surface area contributed by atoms with Crippen LogP contribution < -0.4 is 4.74 Å². The van der Waals surface area contributed by atoms with Gasteiger partial charge in [-0.2, -0.15) is 0 Å². The van der Waals surface area contributed by atoms with E-state index < -0.39 is 5.60 Å². The van der Waals surface area contributed by atoms with Crippen LogP contribution in [0.15, 0.2) is 54.6 Å². The van der Waals surface area contributed by atoms with Crippen molar-refractivity contribution in [3.05, 3.63) is 65.7 Å². The molecule has 1 N–H and O–H groups in total. The summed E-state index contributed by atoms with van der Waals surface area (Å²) in [5.74, 6) is 0.879. The molecule has 1 fully saturated rings. The number of benzene rings is 2. The molecule has 0 spiro atoms. The minimum atomic E-state index is -0.889. The Morgan fingerprint density at radius 3 is 2.28 bits per heavy atom. The van der Waals surface area contributed by atoms with Crippen molar-refractivity contribution in [2.75, 3.05) is 26.7 Å². The van der Waals surface area contributed by atoms with Crippen molar-refractivity contribution in [2.24, 2.45) is 0 Å². The monoisotopic (exact) mass is 395 g/mol. The predicted molar refractivity (Wildman–Crippen MR) is 121 cm³/mol. The first-order chi connectivity index (χ1) is 14.2. The average Bonchev–Trinajstić information content (AvgIpc) is 2.79. The summed E-state index contributed by atoms with van der Waals surface area (Å²) in [5.41, 5.74) is 1.34. The fourth-order valence-corrected chi connectivity index (χ4v) is 4.66. The van der Waals surface area contributed by atoms with Crippen LogP contribution in [0, 0.1) is 0 Å². The van der Waals surface area contributed by atoms with Gasteiger partial charge in [0.05, 0.1) is 12.7 Å². The zero-order chi connectivity index (χ0) is 20.5. The molecule has 0 amide bonds. The van der Waals surface area contributed by atoms with Gasteiger partial charge in [0.2, 0.25) is 0 Å². The Kier molecular flexibility index (Phi) is 8.14. The summed E-state index contributed by atoms with van der Waals surface area (Å²) in [6, 6.07) is 18.7. The van der Waals surface area contributed by atoms with E-state index >= 15 is 0 Å². The third kappa shape index (κ3) is 5.61. The molecule has 0 radical (unpaired) electrons. The number of unbranched alkanes of at least 4 members (excludes halogenated alkanes) is 2. The van der Waals surface area contributed by atoms with Gasteiger partial charge in [0, 0.05) is 12.5 Å². The Labute approximate surface area is 176 Å². The minimum absolute atomic E-state index is 0.0482. The second-order valence-corrected chi connectivity index (χ2v) is 8.43. The highest BCUT2D eigenvalue weighted by Gasteiger charge is 2.40. The predicted octanol–water partition coefficient (Wildman–Crippen LogP) is 5.73. The summed E-state index contributed by atoms with van der Waals surface area (Å²) >= 11 is 0. The SMILES string of the molecule is CCCCC[C@](O)(c1ccc(OC)cc1)[C@H](CN1CCCCC1)c1ccccc1. The van der Waals surface area contributed by atoms with Crippen LogP contribution in [0.3, 0.4) is 0 Å². The summed E-state index contributed by atoms with van der Waals surface area (Å²) in [7, 11) is 1.69. The Morgan fingerprint density at radius 1 is 0.966 bits per heavy atom. The highest BCUT2D eigenvalue weighted by molar-refractivity contribution is 5.35. The zero-order valence-electron chi connectivity index (χ0n) is 18.1. The Hall–Kier alpha value is -1.84. The molecule has 0 bridgehead atoms. The third-order valence-corrected chi connectivity index (χ3v) is 6.42. The number of hydrogen-bond donors (Lipinski definition) is 1. The van der Waals surface area contributed by atoms with Crippen LogP contribution in [0.1, 0.15) is 68.9 Å². The van der Waals surface area contributed by atoms with E-state index in [-0.39, 0.29) is 5.92 Å². The molecular formula is C26H37NO2. The zero-order valence-corrected chi connectivity index (χ0v) is 18.1. The quantitative estimate of drug-likeness (QED) is 0.521. The van der Waals surface area contributed by atoms with Gasteiger partial charge >= 0.3 is 0 Å². The van der Waals surface area contributed by atoms with Crippen LogP contribution in [-0.2, 0) is 5.60 Å². The lowest BCUT2D eigenvalue weighted by atomic mass is 9.73. The average molecular weight is 396 g/mol. The maximum atomic E-state index is 12.2. The summed E-state index contributed by atoms with van der Waals surface area (Å²) in [4.78, 5) is 2.55. The molecule has 2 aromatic rings. The van der Waals surface area contributed by atoms with Crippen LogP contribution >= 0.6 is 0 Å².